The highest BCUT2D eigenvalue weighted by Gasteiger charge is 2.10. The average molecular weight is 219 g/mol. The molecule has 1 N–H and O–H groups in total. The summed E-state index contributed by atoms with van der Waals surface area (Å²) in [5.74, 6) is -0.461. The van der Waals surface area contributed by atoms with Gasteiger partial charge in [-0.2, -0.15) is 0 Å². The van der Waals surface area contributed by atoms with E-state index in [-0.39, 0.29) is 10.8 Å². The molecule has 1 unspecified atom stereocenters. The topological polar surface area (TPSA) is 29.5 Å². The molecule has 0 radical (unpaired) electrons. The number of rotatable bonds is 3. The number of ether oxygens (including phenoxy) is 1. The molecule has 1 aromatic rings. The Morgan fingerprint density at radius 3 is 2.71 bits per heavy atom. The van der Waals surface area contributed by atoms with Gasteiger partial charge in [-0.25, -0.2) is 4.39 Å². The average Bonchev–Trinajstić information content (AvgIpc) is 2.10. The molecule has 14 heavy (non-hydrogen) atoms. The van der Waals surface area contributed by atoms with Crippen molar-refractivity contribution in [2.24, 2.45) is 0 Å². The predicted octanol–water partition coefficient (Wildman–Crippen LogP) is 2.41. The molecule has 0 saturated carbocycles. The third-order valence-corrected chi connectivity index (χ3v) is 2.08. The molecule has 2 nitrogen and oxygen atoms in total. The predicted molar refractivity (Wildman–Crippen MR) is 53.3 cm³/mol. The van der Waals surface area contributed by atoms with Crippen molar-refractivity contribution in [1.82, 2.24) is 0 Å². The molecule has 0 amide bonds. The van der Waals surface area contributed by atoms with E-state index in [0.29, 0.717) is 6.42 Å². The van der Waals surface area contributed by atoms with E-state index >= 15 is 0 Å². The number of hydrogen-bond acceptors (Lipinski definition) is 2. The van der Waals surface area contributed by atoms with Crippen LogP contribution in [0.3, 0.4) is 0 Å². The third-order valence-electron chi connectivity index (χ3n) is 1.81. The van der Waals surface area contributed by atoms with Crippen LogP contribution in [0.25, 0.3) is 0 Å². The minimum absolute atomic E-state index is 0.0139. The molecule has 0 spiro atoms. The molecule has 1 atom stereocenters. The van der Waals surface area contributed by atoms with Gasteiger partial charge in [0.25, 0.3) is 0 Å². The molecule has 0 aliphatic carbocycles. The molecule has 0 saturated heterocycles. The van der Waals surface area contributed by atoms with Gasteiger partial charge in [-0.15, -0.1) is 0 Å². The van der Waals surface area contributed by atoms with E-state index in [1.54, 1.807) is 6.92 Å². The zero-order valence-corrected chi connectivity index (χ0v) is 8.81. The lowest BCUT2D eigenvalue weighted by atomic mass is 10.1. The van der Waals surface area contributed by atoms with E-state index in [1.807, 2.05) is 0 Å². The highest BCUT2D eigenvalue weighted by molar-refractivity contribution is 6.30. The first-order valence-corrected chi connectivity index (χ1v) is 4.62. The van der Waals surface area contributed by atoms with Crippen LogP contribution in [-0.2, 0) is 6.42 Å². The summed E-state index contributed by atoms with van der Waals surface area (Å²) in [6.07, 6.45) is -0.0580. The summed E-state index contributed by atoms with van der Waals surface area (Å²) in [5, 5.41) is 9.17. The second-order valence-corrected chi connectivity index (χ2v) is 3.55. The molecule has 1 aromatic carbocycles. The number of aliphatic hydroxyl groups is 1. The lowest BCUT2D eigenvalue weighted by Gasteiger charge is -2.08. The van der Waals surface area contributed by atoms with E-state index in [4.69, 9.17) is 21.4 Å². The number of benzene rings is 1. The monoisotopic (exact) mass is 218 g/mol. The number of halogens is 2. The standard InChI is InChI=1S/C10H12ClFO2/c1-6(13)3-7-4-8(11)10(12)9(5-7)14-2/h4-6,13H,3H2,1-2H3. The van der Waals surface area contributed by atoms with Crippen LogP contribution in [0.2, 0.25) is 5.02 Å². The quantitative estimate of drug-likeness (QED) is 0.844. The number of methoxy groups -OCH3 is 1. The maximum absolute atomic E-state index is 13.2. The SMILES string of the molecule is COc1cc(CC(C)O)cc(Cl)c1F. The first-order valence-electron chi connectivity index (χ1n) is 4.24. The molecular weight excluding hydrogens is 207 g/mol. The normalized spacial score (nSPS) is 12.6. The third kappa shape index (κ3) is 2.59. The Bertz CT molecular complexity index is 326. The molecule has 1 rings (SSSR count). The lowest BCUT2D eigenvalue weighted by Crippen LogP contribution is -2.04. The van der Waals surface area contributed by atoms with Crippen LogP contribution in [0.1, 0.15) is 12.5 Å². The summed E-state index contributed by atoms with van der Waals surface area (Å²) in [6, 6.07) is 3.03. The fraction of sp³-hybridized carbons (Fsp3) is 0.400. The van der Waals surface area contributed by atoms with Gasteiger partial charge in [0, 0.05) is 0 Å². The van der Waals surface area contributed by atoms with Crippen molar-refractivity contribution in [3.8, 4) is 5.75 Å². The smallest absolute Gasteiger partial charge is 0.183 e. The molecule has 0 aliphatic heterocycles. The summed E-state index contributed by atoms with van der Waals surface area (Å²) in [4.78, 5) is 0. The molecule has 0 heterocycles. The molecule has 0 aliphatic rings. The van der Waals surface area contributed by atoms with Crippen LogP contribution in [0, 0.1) is 5.82 Å². The van der Waals surface area contributed by atoms with Crippen LogP contribution in [0.4, 0.5) is 4.39 Å². The summed E-state index contributed by atoms with van der Waals surface area (Å²) < 4.78 is 18.0. The first-order chi connectivity index (χ1) is 6.54. The summed E-state index contributed by atoms with van der Waals surface area (Å²) in [7, 11) is 1.38. The lowest BCUT2D eigenvalue weighted by molar-refractivity contribution is 0.195. The molecule has 0 aromatic heterocycles. The zero-order valence-electron chi connectivity index (χ0n) is 8.05. The van der Waals surface area contributed by atoms with Gasteiger partial charge in [0.1, 0.15) is 0 Å². The van der Waals surface area contributed by atoms with Crippen molar-refractivity contribution < 1.29 is 14.2 Å². The first kappa shape index (κ1) is 11.3. The van der Waals surface area contributed by atoms with Gasteiger partial charge in [-0.05, 0) is 31.0 Å². The van der Waals surface area contributed by atoms with Crippen molar-refractivity contribution >= 4 is 11.6 Å². The van der Waals surface area contributed by atoms with Crippen LogP contribution >= 0.6 is 11.6 Å². The van der Waals surface area contributed by atoms with Crippen LogP contribution in [0.15, 0.2) is 12.1 Å². The van der Waals surface area contributed by atoms with E-state index in [9.17, 15) is 4.39 Å². The largest absolute Gasteiger partial charge is 0.494 e. The molecule has 0 fully saturated rings. The highest BCUT2D eigenvalue weighted by atomic mass is 35.5. The summed E-state index contributed by atoms with van der Waals surface area (Å²) in [5.41, 5.74) is 0.753. The summed E-state index contributed by atoms with van der Waals surface area (Å²) in [6.45, 7) is 1.66. The van der Waals surface area contributed by atoms with E-state index in [0.717, 1.165) is 5.56 Å². The maximum Gasteiger partial charge on any atom is 0.183 e. The van der Waals surface area contributed by atoms with Crippen molar-refractivity contribution in [2.75, 3.05) is 7.11 Å². The Kier molecular flexibility index (Phi) is 3.72. The second-order valence-electron chi connectivity index (χ2n) is 3.15. The molecular formula is C10H12ClFO2. The van der Waals surface area contributed by atoms with Gasteiger partial charge in [0.15, 0.2) is 11.6 Å². The van der Waals surface area contributed by atoms with Gasteiger partial charge in [0.2, 0.25) is 0 Å². The summed E-state index contributed by atoms with van der Waals surface area (Å²) >= 11 is 5.64. The van der Waals surface area contributed by atoms with Gasteiger partial charge in [0.05, 0.1) is 18.2 Å². The Balaban J connectivity index is 3.03. The number of hydrogen-bond donors (Lipinski definition) is 1. The molecule has 4 heteroatoms. The Morgan fingerprint density at radius 1 is 1.57 bits per heavy atom. The Hall–Kier alpha value is -0.800. The minimum atomic E-state index is -0.566. The van der Waals surface area contributed by atoms with Crippen molar-refractivity contribution in [3.05, 3.63) is 28.5 Å². The Labute approximate surface area is 87.3 Å². The zero-order chi connectivity index (χ0) is 10.7. The fourth-order valence-corrected chi connectivity index (χ4v) is 1.46. The van der Waals surface area contributed by atoms with Gasteiger partial charge < -0.3 is 9.84 Å². The van der Waals surface area contributed by atoms with Crippen molar-refractivity contribution in [1.29, 1.82) is 0 Å². The van der Waals surface area contributed by atoms with E-state index in [1.165, 1.54) is 19.2 Å². The van der Waals surface area contributed by atoms with Crippen LogP contribution < -0.4 is 4.74 Å². The van der Waals surface area contributed by atoms with Crippen molar-refractivity contribution in [2.45, 2.75) is 19.4 Å². The fourth-order valence-electron chi connectivity index (χ4n) is 1.22. The van der Waals surface area contributed by atoms with Crippen LogP contribution in [-0.4, -0.2) is 18.3 Å². The van der Waals surface area contributed by atoms with Crippen molar-refractivity contribution in [3.63, 3.8) is 0 Å². The van der Waals surface area contributed by atoms with E-state index < -0.39 is 11.9 Å². The number of aliphatic hydroxyl groups excluding tert-OH is 1. The molecule has 0 bridgehead atoms. The minimum Gasteiger partial charge on any atom is -0.494 e. The van der Waals surface area contributed by atoms with Gasteiger partial charge in [-0.1, -0.05) is 11.6 Å². The van der Waals surface area contributed by atoms with E-state index in [2.05, 4.69) is 0 Å². The Morgan fingerprint density at radius 2 is 2.21 bits per heavy atom. The highest BCUT2D eigenvalue weighted by Crippen LogP contribution is 2.27. The van der Waals surface area contributed by atoms with Gasteiger partial charge in [-0.3, -0.25) is 0 Å². The van der Waals surface area contributed by atoms with Crippen LogP contribution in [0.5, 0.6) is 5.75 Å². The maximum atomic E-state index is 13.2. The second kappa shape index (κ2) is 4.62. The van der Waals surface area contributed by atoms with Gasteiger partial charge >= 0.3 is 0 Å². The molecule has 78 valence electrons.